The normalized spacial score (nSPS) is 16.0. The van der Waals surface area contributed by atoms with Crippen molar-refractivity contribution in [3.05, 3.63) is 82.9 Å². The molecule has 1 N–H and O–H groups in total. The number of nitrogens with zero attached hydrogens (tertiary/aromatic N) is 3. The maximum atomic E-state index is 13.5. The monoisotopic (exact) mass is 466 g/mol. The summed E-state index contributed by atoms with van der Waals surface area (Å²) in [6.07, 6.45) is 3.27. The molecule has 0 saturated carbocycles. The Hall–Kier alpha value is -3.32. The van der Waals surface area contributed by atoms with Gasteiger partial charge in [0.05, 0.1) is 11.7 Å². The van der Waals surface area contributed by atoms with E-state index in [2.05, 4.69) is 10.3 Å². The van der Waals surface area contributed by atoms with Gasteiger partial charge in [0.1, 0.15) is 11.4 Å². The first-order valence-electron chi connectivity index (χ1n) is 10.7. The van der Waals surface area contributed by atoms with Crippen molar-refractivity contribution in [3.63, 3.8) is 0 Å². The molecule has 0 aliphatic carbocycles. The third kappa shape index (κ3) is 5.03. The zero-order valence-electron chi connectivity index (χ0n) is 18.4. The second-order valence-corrected chi connectivity index (χ2v) is 8.99. The fourth-order valence-corrected chi connectivity index (χ4v) is 4.20. The van der Waals surface area contributed by atoms with E-state index in [-0.39, 0.29) is 17.5 Å². The van der Waals surface area contributed by atoms with Gasteiger partial charge in [-0.1, -0.05) is 23.7 Å². The smallest absolute Gasteiger partial charge is 0.252 e. The Labute approximate surface area is 196 Å². The zero-order chi connectivity index (χ0) is 23.6. The molecule has 6 nitrogen and oxygen atoms in total. The van der Waals surface area contributed by atoms with Gasteiger partial charge in [0, 0.05) is 28.9 Å². The van der Waals surface area contributed by atoms with Gasteiger partial charge < -0.3 is 10.2 Å². The zero-order valence-corrected chi connectivity index (χ0v) is 19.1. The number of rotatable bonds is 5. The Morgan fingerprint density at radius 3 is 2.64 bits per heavy atom. The lowest BCUT2D eigenvalue weighted by atomic mass is 10.0. The van der Waals surface area contributed by atoms with Gasteiger partial charge in [0.15, 0.2) is 5.82 Å². The van der Waals surface area contributed by atoms with Gasteiger partial charge in [0.2, 0.25) is 5.91 Å². The minimum Gasteiger partial charge on any atom is -0.338 e. The van der Waals surface area contributed by atoms with Crippen LogP contribution in [0.4, 0.5) is 4.39 Å². The summed E-state index contributed by atoms with van der Waals surface area (Å²) in [5.41, 5.74) is 0.674. The summed E-state index contributed by atoms with van der Waals surface area (Å²) in [5, 5.41) is 3.38. The molecule has 4 rings (SSSR count). The molecule has 2 heterocycles. The van der Waals surface area contributed by atoms with E-state index >= 15 is 0 Å². The summed E-state index contributed by atoms with van der Waals surface area (Å²) in [7, 11) is 0. The molecule has 1 saturated heterocycles. The van der Waals surface area contributed by atoms with Crippen molar-refractivity contribution in [1.82, 2.24) is 20.2 Å². The second-order valence-electron chi connectivity index (χ2n) is 8.56. The molecule has 0 bridgehead atoms. The summed E-state index contributed by atoms with van der Waals surface area (Å²) < 4.78 is 13.2. The average Bonchev–Trinajstić information content (AvgIpc) is 3.28. The van der Waals surface area contributed by atoms with Crippen LogP contribution in [-0.2, 0) is 4.79 Å². The molecule has 8 heteroatoms. The van der Waals surface area contributed by atoms with Crippen molar-refractivity contribution in [2.75, 3.05) is 6.54 Å². The first-order valence-corrected chi connectivity index (χ1v) is 11.1. The van der Waals surface area contributed by atoms with E-state index in [1.807, 2.05) is 18.2 Å². The number of benzene rings is 2. The molecule has 1 atom stereocenters. The SMILES string of the molecule is CC(C)(NC(=O)c1ccc(F)cc1)C(=O)N1CCCC1c1ccnc(-c2cccc(Cl)c2)n1. The Bertz CT molecular complexity index is 1180. The van der Waals surface area contributed by atoms with E-state index in [1.165, 1.54) is 24.3 Å². The minimum absolute atomic E-state index is 0.205. The molecule has 1 fully saturated rings. The number of amides is 2. The molecule has 33 heavy (non-hydrogen) atoms. The standard InChI is InChI=1S/C25H24ClFN4O2/c1-25(2,30-23(32)16-8-10-19(27)11-9-16)24(33)31-14-4-7-21(31)20-12-13-28-22(29-20)17-5-3-6-18(26)15-17/h3,5-6,8-13,15,21H,4,7,14H2,1-2H3,(H,30,32). The number of hydrogen-bond donors (Lipinski definition) is 1. The Morgan fingerprint density at radius 2 is 1.91 bits per heavy atom. The van der Waals surface area contributed by atoms with E-state index in [1.54, 1.807) is 37.1 Å². The van der Waals surface area contributed by atoms with Crippen molar-refractivity contribution < 1.29 is 14.0 Å². The second kappa shape index (κ2) is 9.27. The van der Waals surface area contributed by atoms with Crippen molar-refractivity contribution in [1.29, 1.82) is 0 Å². The fraction of sp³-hybridized carbons (Fsp3) is 0.280. The fourth-order valence-electron chi connectivity index (χ4n) is 4.01. The molecule has 2 aromatic carbocycles. The molecule has 1 aliphatic rings. The Balaban J connectivity index is 1.54. The average molecular weight is 467 g/mol. The van der Waals surface area contributed by atoms with E-state index < -0.39 is 17.3 Å². The molecule has 0 spiro atoms. The van der Waals surface area contributed by atoms with Gasteiger partial charge in [-0.2, -0.15) is 0 Å². The number of nitrogens with one attached hydrogen (secondary N) is 1. The summed E-state index contributed by atoms with van der Waals surface area (Å²) in [6, 6.07) is 14.1. The summed E-state index contributed by atoms with van der Waals surface area (Å²) >= 11 is 6.11. The van der Waals surface area contributed by atoms with Crippen LogP contribution in [0.3, 0.4) is 0 Å². The van der Waals surface area contributed by atoms with Gasteiger partial charge in [-0.25, -0.2) is 14.4 Å². The third-order valence-corrected chi connectivity index (χ3v) is 5.92. The number of hydrogen-bond acceptors (Lipinski definition) is 4. The lowest BCUT2D eigenvalue weighted by molar-refractivity contribution is -0.137. The van der Waals surface area contributed by atoms with Crippen LogP contribution in [-0.4, -0.2) is 38.8 Å². The maximum absolute atomic E-state index is 13.5. The topological polar surface area (TPSA) is 75.2 Å². The minimum atomic E-state index is -1.16. The van der Waals surface area contributed by atoms with Crippen LogP contribution in [0.15, 0.2) is 60.8 Å². The van der Waals surface area contributed by atoms with Gasteiger partial charge >= 0.3 is 0 Å². The number of carbonyl (C=O) groups excluding carboxylic acids is 2. The Kier molecular flexibility index (Phi) is 6.42. The molecule has 3 aromatic rings. The van der Waals surface area contributed by atoms with Crippen molar-refractivity contribution in [3.8, 4) is 11.4 Å². The van der Waals surface area contributed by atoms with Crippen molar-refractivity contribution in [2.24, 2.45) is 0 Å². The third-order valence-electron chi connectivity index (χ3n) is 5.68. The summed E-state index contributed by atoms with van der Waals surface area (Å²) in [6.45, 7) is 3.91. The van der Waals surface area contributed by atoms with Crippen LogP contribution in [0.2, 0.25) is 5.02 Å². The first kappa shape index (κ1) is 22.9. The quantitative estimate of drug-likeness (QED) is 0.585. The molecular formula is C25H24ClFN4O2. The molecule has 2 amide bonds. The summed E-state index contributed by atoms with van der Waals surface area (Å²) in [5.74, 6) is -0.528. The van der Waals surface area contributed by atoms with Crippen LogP contribution in [0.25, 0.3) is 11.4 Å². The number of carbonyl (C=O) groups is 2. The summed E-state index contributed by atoms with van der Waals surface area (Å²) in [4.78, 5) is 36.9. The van der Waals surface area contributed by atoms with Gasteiger partial charge in [-0.15, -0.1) is 0 Å². The lowest BCUT2D eigenvalue weighted by Gasteiger charge is -2.33. The number of likely N-dealkylation sites (tertiary alicyclic amines) is 1. The Morgan fingerprint density at radius 1 is 1.15 bits per heavy atom. The lowest BCUT2D eigenvalue weighted by Crippen LogP contribution is -2.55. The van der Waals surface area contributed by atoms with Gasteiger partial charge in [0.25, 0.3) is 5.91 Å². The van der Waals surface area contributed by atoms with Gasteiger partial charge in [-0.3, -0.25) is 9.59 Å². The number of halogens is 2. The largest absolute Gasteiger partial charge is 0.338 e. The highest BCUT2D eigenvalue weighted by molar-refractivity contribution is 6.30. The highest BCUT2D eigenvalue weighted by Gasteiger charge is 2.40. The number of aromatic nitrogens is 2. The highest BCUT2D eigenvalue weighted by Crippen LogP contribution is 2.33. The molecule has 170 valence electrons. The molecule has 0 radical (unpaired) electrons. The predicted octanol–water partition coefficient (Wildman–Crippen LogP) is 4.81. The van der Waals surface area contributed by atoms with E-state index in [9.17, 15) is 14.0 Å². The van der Waals surface area contributed by atoms with Gasteiger partial charge in [-0.05, 0) is 69.2 Å². The predicted molar refractivity (Wildman–Crippen MR) is 124 cm³/mol. The molecular weight excluding hydrogens is 443 g/mol. The molecule has 1 aromatic heterocycles. The van der Waals surface area contributed by atoms with Crippen LogP contribution in [0.5, 0.6) is 0 Å². The van der Waals surface area contributed by atoms with Crippen LogP contribution in [0, 0.1) is 5.82 Å². The van der Waals surface area contributed by atoms with Crippen LogP contribution in [0.1, 0.15) is 48.8 Å². The molecule has 1 unspecified atom stereocenters. The van der Waals surface area contributed by atoms with Crippen LogP contribution < -0.4 is 5.32 Å². The van der Waals surface area contributed by atoms with Crippen molar-refractivity contribution in [2.45, 2.75) is 38.3 Å². The van der Waals surface area contributed by atoms with E-state index in [4.69, 9.17) is 16.6 Å². The van der Waals surface area contributed by atoms with Crippen LogP contribution >= 0.6 is 11.6 Å². The van der Waals surface area contributed by atoms with E-state index in [0.29, 0.717) is 17.4 Å². The van der Waals surface area contributed by atoms with Crippen molar-refractivity contribution >= 4 is 23.4 Å². The molecule has 1 aliphatic heterocycles. The first-order chi connectivity index (χ1) is 15.7. The highest BCUT2D eigenvalue weighted by atomic mass is 35.5. The van der Waals surface area contributed by atoms with E-state index in [0.717, 1.165) is 24.1 Å². The maximum Gasteiger partial charge on any atom is 0.252 e.